The summed E-state index contributed by atoms with van der Waals surface area (Å²) in [5, 5.41) is 5.04. The highest BCUT2D eigenvalue weighted by atomic mass is 32.1. The molecule has 1 aromatic carbocycles. The van der Waals surface area contributed by atoms with Crippen molar-refractivity contribution in [3.63, 3.8) is 0 Å². The molecule has 142 valence electrons. The van der Waals surface area contributed by atoms with Crippen LogP contribution in [0.4, 0.5) is 5.00 Å². The van der Waals surface area contributed by atoms with Crippen molar-refractivity contribution in [2.24, 2.45) is 5.92 Å². The Bertz CT molecular complexity index is 844. The largest absolute Gasteiger partial charge is 0.465 e. The number of nitrogens with zero attached hydrogens (tertiary/aromatic N) is 1. The maximum Gasteiger partial charge on any atom is 0.340 e. The lowest BCUT2D eigenvalue weighted by molar-refractivity contribution is -0.121. The van der Waals surface area contributed by atoms with Crippen LogP contribution in [0.25, 0.3) is 0 Å². The number of nitrogens with one attached hydrogen (secondary N) is 1. The molecule has 2 aromatic rings. The zero-order valence-corrected chi connectivity index (χ0v) is 16.2. The Labute approximate surface area is 162 Å². The number of esters is 1. The van der Waals surface area contributed by atoms with E-state index in [4.69, 9.17) is 4.74 Å². The monoisotopic (exact) mass is 386 g/mol. The average Bonchev–Trinajstić information content (AvgIpc) is 3.15. The van der Waals surface area contributed by atoms with Gasteiger partial charge in [-0.15, -0.1) is 11.3 Å². The number of amides is 2. The summed E-state index contributed by atoms with van der Waals surface area (Å²) >= 11 is 1.28. The van der Waals surface area contributed by atoms with Gasteiger partial charge >= 0.3 is 5.97 Å². The van der Waals surface area contributed by atoms with Crippen molar-refractivity contribution < 1.29 is 19.1 Å². The van der Waals surface area contributed by atoms with Gasteiger partial charge < -0.3 is 15.0 Å². The van der Waals surface area contributed by atoms with E-state index in [0.717, 1.165) is 12.0 Å². The summed E-state index contributed by atoms with van der Waals surface area (Å²) in [6, 6.07) is 9.07. The first-order valence-corrected chi connectivity index (χ1v) is 9.70. The van der Waals surface area contributed by atoms with Crippen molar-refractivity contribution in [1.82, 2.24) is 4.90 Å². The smallest absolute Gasteiger partial charge is 0.340 e. The molecular formula is C20H22N2O4S. The number of carbonyl (C=O) groups excluding carboxylic acids is 3. The second kappa shape index (κ2) is 8.35. The van der Waals surface area contributed by atoms with Crippen molar-refractivity contribution in [2.75, 3.05) is 25.5 Å². The number of rotatable bonds is 4. The lowest BCUT2D eigenvalue weighted by atomic mass is 9.96. The van der Waals surface area contributed by atoms with Gasteiger partial charge in [-0.3, -0.25) is 9.59 Å². The van der Waals surface area contributed by atoms with Gasteiger partial charge in [0.05, 0.1) is 18.6 Å². The molecule has 1 unspecified atom stereocenters. The molecule has 7 heteroatoms. The standard InChI is InChI=1S/C20H22N2O4S/c1-13-5-7-14(8-6-13)19(24)22-10-3-4-15(12-22)17(23)21-18-16(9-11-27-18)20(25)26-2/h5-9,11,15H,3-4,10,12H2,1-2H3,(H,21,23). The molecule has 0 aliphatic carbocycles. The van der Waals surface area contributed by atoms with Gasteiger partial charge in [-0.25, -0.2) is 4.79 Å². The molecule has 1 N–H and O–H groups in total. The molecule has 0 spiro atoms. The fourth-order valence-corrected chi connectivity index (χ4v) is 3.92. The summed E-state index contributed by atoms with van der Waals surface area (Å²) in [6.45, 7) is 2.99. The molecule has 1 aromatic heterocycles. The topological polar surface area (TPSA) is 75.7 Å². The molecule has 0 radical (unpaired) electrons. The van der Waals surface area contributed by atoms with Gasteiger partial charge in [-0.05, 0) is 43.3 Å². The number of thiophene rings is 1. The third-order valence-corrected chi connectivity index (χ3v) is 5.52. The Balaban J connectivity index is 1.66. The van der Waals surface area contributed by atoms with Crippen molar-refractivity contribution in [3.8, 4) is 0 Å². The fourth-order valence-electron chi connectivity index (χ4n) is 3.15. The maximum atomic E-state index is 12.7. The van der Waals surface area contributed by atoms with E-state index in [1.165, 1.54) is 18.4 Å². The van der Waals surface area contributed by atoms with Crippen LogP contribution in [-0.2, 0) is 9.53 Å². The van der Waals surface area contributed by atoms with Gasteiger partial charge in [0.1, 0.15) is 5.00 Å². The van der Waals surface area contributed by atoms with Gasteiger partial charge in [0.2, 0.25) is 5.91 Å². The van der Waals surface area contributed by atoms with E-state index in [1.807, 2.05) is 31.2 Å². The van der Waals surface area contributed by atoms with Crippen LogP contribution in [0.5, 0.6) is 0 Å². The minimum atomic E-state index is -0.480. The van der Waals surface area contributed by atoms with Crippen LogP contribution in [0.1, 0.15) is 39.1 Å². The Morgan fingerprint density at radius 1 is 1.19 bits per heavy atom. The van der Waals surface area contributed by atoms with E-state index in [2.05, 4.69) is 5.32 Å². The highest BCUT2D eigenvalue weighted by molar-refractivity contribution is 7.14. The number of piperidine rings is 1. The van der Waals surface area contributed by atoms with Crippen LogP contribution >= 0.6 is 11.3 Å². The number of methoxy groups -OCH3 is 1. The first-order valence-electron chi connectivity index (χ1n) is 8.82. The molecule has 1 fully saturated rings. The molecule has 1 aliphatic rings. The molecule has 0 bridgehead atoms. The molecule has 1 saturated heterocycles. The zero-order valence-electron chi connectivity index (χ0n) is 15.4. The highest BCUT2D eigenvalue weighted by Crippen LogP contribution is 2.26. The van der Waals surface area contributed by atoms with Crippen LogP contribution in [0.3, 0.4) is 0 Å². The second-order valence-corrected chi connectivity index (χ2v) is 7.52. The number of anilines is 1. The second-order valence-electron chi connectivity index (χ2n) is 6.60. The molecule has 3 rings (SSSR count). The summed E-state index contributed by atoms with van der Waals surface area (Å²) in [5.74, 6) is -1.02. The van der Waals surface area contributed by atoms with Crippen LogP contribution in [0, 0.1) is 12.8 Å². The van der Waals surface area contributed by atoms with E-state index >= 15 is 0 Å². The zero-order chi connectivity index (χ0) is 19.4. The van der Waals surface area contributed by atoms with Crippen molar-refractivity contribution >= 4 is 34.1 Å². The number of likely N-dealkylation sites (tertiary alicyclic amines) is 1. The molecule has 1 aliphatic heterocycles. The Kier molecular flexibility index (Phi) is 5.91. The summed E-state index contributed by atoms with van der Waals surface area (Å²) in [4.78, 5) is 38.9. The van der Waals surface area contributed by atoms with Crippen LogP contribution < -0.4 is 5.32 Å². The fraction of sp³-hybridized carbons (Fsp3) is 0.350. The highest BCUT2D eigenvalue weighted by Gasteiger charge is 2.29. The normalized spacial score (nSPS) is 16.7. The van der Waals surface area contributed by atoms with Crippen molar-refractivity contribution in [1.29, 1.82) is 0 Å². The lowest BCUT2D eigenvalue weighted by Crippen LogP contribution is -2.43. The molecule has 0 saturated carbocycles. The molecule has 2 amide bonds. The number of hydrogen-bond acceptors (Lipinski definition) is 5. The summed E-state index contributed by atoms with van der Waals surface area (Å²) in [5.41, 5.74) is 2.08. The first kappa shape index (κ1) is 19.1. The SMILES string of the molecule is COC(=O)c1ccsc1NC(=O)C1CCCN(C(=O)c2ccc(C)cc2)C1. The number of hydrogen-bond donors (Lipinski definition) is 1. The Hall–Kier alpha value is -2.67. The summed E-state index contributed by atoms with van der Waals surface area (Å²) < 4.78 is 4.73. The molecular weight excluding hydrogens is 364 g/mol. The van der Waals surface area contributed by atoms with E-state index in [1.54, 1.807) is 16.3 Å². The molecule has 27 heavy (non-hydrogen) atoms. The Morgan fingerprint density at radius 2 is 1.93 bits per heavy atom. The molecule has 6 nitrogen and oxygen atoms in total. The molecule has 1 atom stereocenters. The number of ether oxygens (including phenoxy) is 1. The minimum absolute atomic E-state index is 0.0566. The van der Waals surface area contributed by atoms with Crippen molar-refractivity contribution in [2.45, 2.75) is 19.8 Å². The van der Waals surface area contributed by atoms with E-state index in [-0.39, 0.29) is 17.7 Å². The quantitative estimate of drug-likeness (QED) is 0.818. The third kappa shape index (κ3) is 4.36. The van der Waals surface area contributed by atoms with Crippen LogP contribution in [0.2, 0.25) is 0 Å². The van der Waals surface area contributed by atoms with Crippen LogP contribution in [-0.4, -0.2) is 42.9 Å². The maximum absolute atomic E-state index is 12.7. The van der Waals surface area contributed by atoms with Gasteiger partial charge in [-0.1, -0.05) is 17.7 Å². The molecule has 2 heterocycles. The van der Waals surface area contributed by atoms with E-state index < -0.39 is 5.97 Å². The van der Waals surface area contributed by atoms with Gasteiger partial charge in [0, 0.05) is 18.7 Å². The average molecular weight is 386 g/mol. The Morgan fingerprint density at radius 3 is 2.63 bits per heavy atom. The van der Waals surface area contributed by atoms with Gasteiger partial charge in [0.25, 0.3) is 5.91 Å². The predicted octanol–water partition coefficient (Wildman–Crippen LogP) is 3.33. The minimum Gasteiger partial charge on any atom is -0.465 e. The van der Waals surface area contributed by atoms with E-state index in [9.17, 15) is 14.4 Å². The number of carbonyl (C=O) groups is 3. The summed E-state index contributed by atoms with van der Waals surface area (Å²) in [6.07, 6.45) is 1.48. The van der Waals surface area contributed by atoms with Gasteiger partial charge in [0.15, 0.2) is 0 Å². The third-order valence-electron chi connectivity index (χ3n) is 4.69. The van der Waals surface area contributed by atoms with Crippen LogP contribution in [0.15, 0.2) is 35.7 Å². The van der Waals surface area contributed by atoms with E-state index in [0.29, 0.717) is 35.6 Å². The first-order chi connectivity index (χ1) is 13.0. The van der Waals surface area contributed by atoms with Crippen molar-refractivity contribution in [3.05, 3.63) is 52.4 Å². The van der Waals surface area contributed by atoms with Gasteiger partial charge in [-0.2, -0.15) is 0 Å². The number of aryl methyl sites for hydroxylation is 1. The summed E-state index contributed by atoms with van der Waals surface area (Å²) in [7, 11) is 1.31. The predicted molar refractivity (Wildman–Crippen MR) is 104 cm³/mol. The lowest BCUT2D eigenvalue weighted by Gasteiger charge is -2.32. The number of benzene rings is 1.